The first-order valence-corrected chi connectivity index (χ1v) is 6.69. The van der Waals surface area contributed by atoms with E-state index in [0.29, 0.717) is 5.38 Å². The summed E-state index contributed by atoms with van der Waals surface area (Å²) in [5.41, 5.74) is 1.90. The fraction of sp³-hybridized carbons (Fsp3) is 0.727. The topological polar surface area (TPSA) is 12.9 Å². The molecular formula is C11H16ClNS. The monoisotopic (exact) mass is 229 g/mol. The van der Waals surface area contributed by atoms with Crippen LogP contribution in [0, 0.1) is 5.92 Å². The molecule has 0 amide bonds. The molecule has 0 saturated heterocycles. The summed E-state index contributed by atoms with van der Waals surface area (Å²) in [6.45, 7) is 0. The average Bonchev–Trinajstić information content (AvgIpc) is 2.87. The van der Waals surface area contributed by atoms with Crippen molar-refractivity contribution in [2.75, 3.05) is 0 Å². The summed E-state index contributed by atoms with van der Waals surface area (Å²) in [5.74, 6) is 0.782. The van der Waals surface area contributed by atoms with E-state index in [1.54, 1.807) is 11.3 Å². The number of nitrogens with zero attached hydrogens (tertiary/aromatic N) is 1. The molecule has 1 atom stereocenters. The van der Waals surface area contributed by atoms with Crippen LogP contribution in [-0.4, -0.2) is 10.4 Å². The van der Waals surface area contributed by atoms with Crippen molar-refractivity contribution in [1.82, 2.24) is 4.98 Å². The number of alkyl halides is 1. The Hall–Kier alpha value is -0.0800. The van der Waals surface area contributed by atoms with Crippen molar-refractivity contribution in [3.8, 4) is 0 Å². The SMILES string of the molecule is ClC(CCc1cncs1)C1CCCC1. The highest BCUT2D eigenvalue weighted by Crippen LogP contribution is 2.32. The van der Waals surface area contributed by atoms with Gasteiger partial charge in [-0.05, 0) is 31.6 Å². The van der Waals surface area contributed by atoms with Crippen LogP contribution < -0.4 is 0 Å². The van der Waals surface area contributed by atoms with E-state index >= 15 is 0 Å². The van der Waals surface area contributed by atoms with Crippen molar-refractivity contribution in [1.29, 1.82) is 0 Å². The van der Waals surface area contributed by atoms with E-state index < -0.39 is 0 Å². The fourth-order valence-electron chi connectivity index (χ4n) is 2.20. The van der Waals surface area contributed by atoms with Crippen LogP contribution in [0.2, 0.25) is 0 Å². The maximum Gasteiger partial charge on any atom is 0.0794 e. The summed E-state index contributed by atoms with van der Waals surface area (Å²) in [7, 11) is 0. The molecule has 1 heterocycles. The minimum Gasteiger partial charge on any atom is -0.253 e. The third-order valence-electron chi connectivity index (χ3n) is 3.06. The van der Waals surface area contributed by atoms with Gasteiger partial charge in [-0.25, -0.2) is 0 Å². The zero-order valence-electron chi connectivity index (χ0n) is 8.29. The van der Waals surface area contributed by atoms with Gasteiger partial charge in [0.05, 0.1) is 5.51 Å². The maximum absolute atomic E-state index is 6.39. The van der Waals surface area contributed by atoms with E-state index in [4.69, 9.17) is 11.6 Å². The van der Waals surface area contributed by atoms with E-state index in [1.165, 1.54) is 30.6 Å². The Morgan fingerprint density at radius 1 is 1.50 bits per heavy atom. The number of thiazole rings is 1. The molecule has 1 aromatic rings. The van der Waals surface area contributed by atoms with Crippen LogP contribution in [0.4, 0.5) is 0 Å². The van der Waals surface area contributed by atoms with Crippen molar-refractivity contribution in [3.05, 3.63) is 16.6 Å². The lowest BCUT2D eigenvalue weighted by atomic mass is 10.00. The van der Waals surface area contributed by atoms with Crippen LogP contribution in [-0.2, 0) is 6.42 Å². The third-order valence-corrected chi connectivity index (χ3v) is 4.48. The molecule has 0 aliphatic heterocycles. The minimum atomic E-state index is 0.389. The molecule has 1 fully saturated rings. The van der Waals surface area contributed by atoms with E-state index in [2.05, 4.69) is 4.98 Å². The summed E-state index contributed by atoms with van der Waals surface area (Å²) in [6.07, 6.45) is 9.64. The summed E-state index contributed by atoms with van der Waals surface area (Å²) in [4.78, 5) is 5.44. The van der Waals surface area contributed by atoms with Crippen molar-refractivity contribution in [2.24, 2.45) is 5.92 Å². The van der Waals surface area contributed by atoms with Gasteiger partial charge in [0, 0.05) is 16.5 Å². The molecule has 14 heavy (non-hydrogen) atoms. The van der Waals surface area contributed by atoms with Crippen molar-refractivity contribution < 1.29 is 0 Å². The molecule has 0 aromatic carbocycles. The molecule has 78 valence electrons. The molecule has 0 bridgehead atoms. The van der Waals surface area contributed by atoms with Gasteiger partial charge < -0.3 is 0 Å². The van der Waals surface area contributed by atoms with Gasteiger partial charge in [0.1, 0.15) is 0 Å². The molecule has 0 spiro atoms. The molecule has 1 aliphatic rings. The van der Waals surface area contributed by atoms with Crippen molar-refractivity contribution >= 4 is 22.9 Å². The summed E-state index contributed by atoms with van der Waals surface area (Å²) < 4.78 is 0. The van der Waals surface area contributed by atoms with Gasteiger partial charge in [-0.2, -0.15) is 0 Å². The normalized spacial score (nSPS) is 20.1. The van der Waals surface area contributed by atoms with Gasteiger partial charge in [0.2, 0.25) is 0 Å². The summed E-state index contributed by atoms with van der Waals surface area (Å²) in [5, 5.41) is 0.389. The highest BCUT2D eigenvalue weighted by Gasteiger charge is 2.22. The molecule has 1 nitrogen and oxygen atoms in total. The van der Waals surface area contributed by atoms with Crippen LogP contribution in [0.1, 0.15) is 37.0 Å². The maximum atomic E-state index is 6.39. The lowest BCUT2D eigenvalue weighted by Gasteiger charge is -2.15. The summed E-state index contributed by atoms with van der Waals surface area (Å²) in [6, 6.07) is 0. The van der Waals surface area contributed by atoms with E-state index in [-0.39, 0.29) is 0 Å². The standard InChI is InChI=1S/C11H16ClNS/c12-11(9-3-1-2-4-9)6-5-10-7-13-8-14-10/h7-9,11H,1-6H2. The molecule has 0 N–H and O–H groups in total. The van der Waals surface area contributed by atoms with Crippen LogP contribution in [0.15, 0.2) is 11.7 Å². The van der Waals surface area contributed by atoms with Gasteiger partial charge in [0.15, 0.2) is 0 Å². The number of hydrogen-bond donors (Lipinski definition) is 0. The Kier molecular flexibility index (Phi) is 3.82. The third kappa shape index (κ3) is 2.71. The Morgan fingerprint density at radius 3 is 2.93 bits per heavy atom. The average molecular weight is 230 g/mol. The number of aromatic nitrogens is 1. The van der Waals surface area contributed by atoms with Crippen LogP contribution in [0.3, 0.4) is 0 Å². The highest BCUT2D eigenvalue weighted by molar-refractivity contribution is 7.09. The van der Waals surface area contributed by atoms with Gasteiger partial charge in [-0.1, -0.05) is 12.8 Å². The number of hydrogen-bond acceptors (Lipinski definition) is 2. The molecule has 2 rings (SSSR count). The Labute approximate surface area is 94.5 Å². The van der Waals surface area contributed by atoms with Crippen LogP contribution in [0.25, 0.3) is 0 Å². The molecule has 1 unspecified atom stereocenters. The van der Waals surface area contributed by atoms with Crippen molar-refractivity contribution in [3.63, 3.8) is 0 Å². The second-order valence-electron chi connectivity index (χ2n) is 4.07. The number of halogens is 1. The number of aryl methyl sites for hydroxylation is 1. The van der Waals surface area contributed by atoms with E-state index in [0.717, 1.165) is 18.8 Å². The van der Waals surface area contributed by atoms with Crippen LogP contribution >= 0.6 is 22.9 Å². The molecule has 1 aromatic heterocycles. The van der Waals surface area contributed by atoms with Crippen LogP contribution in [0.5, 0.6) is 0 Å². The fourth-order valence-corrected chi connectivity index (χ4v) is 3.18. The largest absolute Gasteiger partial charge is 0.253 e. The van der Waals surface area contributed by atoms with E-state index in [9.17, 15) is 0 Å². The molecular weight excluding hydrogens is 214 g/mol. The first-order chi connectivity index (χ1) is 6.86. The van der Waals surface area contributed by atoms with Gasteiger partial charge in [-0.3, -0.25) is 4.98 Å². The smallest absolute Gasteiger partial charge is 0.0794 e. The lowest BCUT2D eigenvalue weighted by molar-refractivity contribution is 0.493. The quantitative estimate of drug-likeness (QED) is 0.715. The molecule has 1 saturated carbocycles. The lowest BCUT2D eigenvalue weighted by Crippen LogP contribution is -2.11. The first kappa shape index (κ1) is 10.4. The second kappa shape index (κ2) is 5.13. The van der Waals surface area contributed by atoms with Gasteiger partial charge in [0.25, 0.3) is 0 Å². The van der Waals surface area contributed by atoms with Gasteiger partial charge >= 0.3 is 0 Å². The predicted octanol–water partition coefficient (Wildman–Crippen LogP) is 3.87. The summed E-state index contributed by atoms with van der Waals surface area (Å²) >= 11 is 8.13. The highest BCUT2D eigenvalue weighted by atomic mass is 35.5. The zero-order valence-corrected chi connectivity index (χ0v) is 9.86. The Bertz CT molecular complexity index is 254. The van der Waals surface area contributed by atoms with E-state index in [1.807, 2.05) is 11.7 Å². The minimum absolute atomic E-state index is 0.389. The predicted molar refractivity (Wildman–Crippen MR) is 62.0 cm³/mol. The molecule has 1 aliphatic carbocycles. The number of rotatable bonds is 4. The van der Waals surface area contributed by atoms with Crippen molar-refractivity contribution in [2.45, 2.75) is 43.9 Å². The van der Waals surface area contributed by atoms with Gasteiger partial charge in [-0.15, -0.1) is 22.9 Å². The molecule has 3 heteroatoms. The zero-order chi connectivity index (χ0) is 9.80. The molecule has 0 radical (unpaired) electrons. The second-order valence-corrected chi connectivity index (χ2v) is 5.60. The Balaban J connectivity index is 1.74. The Morgan fingerprint density at radius 2 is 2.29 bits per heavy atom. The first-order valence-electron chi connectivity index (χ1n) is 5.37.